The summed E-state index contributed by atoms with van der Waals surface area (Å²) in [6, 6.07) is 0. The molecule has 0 bridgehead atoms. The van der Waals surface area contributed by atoms with E-state index in [1.165, 1.54) is 7.11 Å². The van der Waals surface area contributed by atoms with E-state index < -0.39 is 11.8 Å². The minimum atomic E-state index is -0.913. The fourth-order valence-electron chi connectivity index (χ4n) is 4.18. The van der Waals surface area contributed by atoms with Gasteiger partial charge in [0.2, 0.25) is 11.5 Å². The zero-order valence-corrected chi connectivity index (χ0v) is 18.2. The van der Waals surface area contributed by atoms with Crippen molar-refractivity contribution in [3.8, 4) is 0 Å². The van der Waals surface area contributed by atoms with Crippen LogP contribution < -0.4 is 0 Å². The first-order chi connectivity index (χ1) is 12.1. The van der Waals surface area contributed by atoms with E-state index in [-0.39, 0.29) is 27.0 Å². The number of thioether (sulfide) groups is 2. The Balaban J connectivity index is 2.04. The van der Waals surface area contributed by atoms with E-state index in [0.717, 1.165) is 30.8 Å². The van der Waals surface area contributed by atoms with E-state index in [4.69, 9.17) is 18.9 Å². The van der Waals surface area contributed by atoms with Crippen molar-refractivity contribution in [3.63, 3.8) is 0 Å². The van der Waals surface area contributed by atoms with Crippen molar-refractivity contribution in [3.05, 3.63) is 11.8 Å². The Morgan fingerprint density at radius 2 is 1.88 bits per heavy atom. The van der Waals surface area contributed by atoms with Crippen molar-refractivity contribution in [1.82, 2.24) is 0 Å². The second-order valence-corrected chi connectivity index (χ2v) is 11.6. The van der Waals surface area contributed by atoms with Gasteiger partial charge in [-0.3, -0.25) is 0 Å². The first kappa shape index (κ1) is 20.4. The monoisotopic (exact) mass is 402 g/mol. The van der Waals surface area contributed by atoms with Crippen molar-refractivity contribution >= 4 is 29.5 Å². The number of hydrogen-bond donors (Lipinski definition) is 0. The Morgan fingerprint density at radius 1 is 1.23 bits per heavy atom. The summed E-state index contributed by atoms with van der Waals surface area (Å²) >= 11 is 3.98. The number of methoxy groups -OCH3 is 2. The molecule has 0 N–H and O–H groups in total. The predicted molar refractivity (Wildman–Crippen MR) is 105 cm³/mol. The van der Waals surface area contributed by atoms with E-state index in [0.29, 0.717) is 0 Å². The van der Waals surface area contributed by atoms with Gasteiger partial charge >= 0.3 is 5.97 Å². The van der Waals surface area contributed by atoms with Gasteiger partial charge in [-0.15, -0.1) is 23.5 Å². The Hall–Kier alpha value is -0.370. The Morgan fingerprint density at radius 3 is 2.42 bits per heavy atom. The van der Waals surface area contributed by atoms with Crippen molar-refractivity contribution in [2.75, 3.05) is 25.7 Å². The van der Waals surface area contributed by atoms with E-state index in [1.807, 2.05) is 44.3 Å². The topological polar surface area (TPSA) is 54.0 Å². The second kappa shape index (κ2) is 6.90. The Labute approximate surface area is 164 Å². The third-order valence-electron chi connectivity index (χ3n) is 5.61. The van der Waals surface area contributed by atoms with Crippen molar-refractivity contribution in [2.45, 2.75) is 68.5 Å². The summed E-state index contributed by atoms with van der Waals surface area (Å²) in [7, 11) is 3.04. The Bertz CT molecular complexity index is 593. The van der Waals surface area contributed by atoms with Crippen LogP contribution in [0.2, 0.25) is 0 Å². The van der Waals surface area contributed by atoms with Gasteiger partial charge in [-0.1, -0.05) is 6.92 Å². The standard InChI is InChI=1S/C19H30O5S2/c1-16(2,3)24-14-11-13(15(20)21-5)23-19(22-6)12-18(25-9-10-26-18)8-7-17(14,19)4/h11,14H,7-10,12H2,1-6H3/t14-,17-,19-/m0/s1. The highest BCUT2D eigenvalue weighted by atomic mass is 32.2. The van der Waals surface area contributed by atoms with Crippen LogP contribution in [-0.2, 0) is 23.7 Å². The summed E-state index contributed by atoms with van der Waals surface area (Å²) in [6.07, 6.45) is 4.20. The van der Waals surface area contributed by atoms with Gasteiger partial charge in [0.05, 0.1) is 28.3 Å². The number of carbonyl (C=O) groups is 1. The molecule has 148 valence electrons. The molecule has 1 spiro atoms. The molecule has 2 aliphatic heterocycles. The first-order valence-corrected chi connectivity index (χ1v) is 11.1. The zero-order chi connectivity index (χ0) is 19.2. The van der Waals surface area contributed by atoms with Gasteiger partial charge < -0.3 is 18.9 Å². The van der Waals surface area contributed by atoms with Crippen LogP contribution >= 0.6 is 23.5 Å². The van der Waals surface area contributed by atoms with Gasteiger partial charge in [0, 0.05) is 25.0 Å². The summed E-state index contributed by atoms with van der Waals surface area (Å²) in [5, 5.41) is 0. The highest BCUT2D eigenvalue weighted by Crippen LogP contribution is 2.64. The van der Waals surface area contributed by atoms with Crippen LogP contribution in [0.15, 0.2) is 11.8 Å². The van der Waals surface area contributed by atoms with E-state index in [9.17, 15) is 4.79 Å². The average molecular weight is 403 g/mol. The van der Waals surface area contributed by atoms with E-state index in [1.54, 1.807) is 13.2 Å². The average Bonchev–Trinajstić information content (AvgIpc) is 3.02. The molecule has 1 saturated heterocycles. The molecule has 0 aromatic rings. The van der Waals surface area contributed by atoms with Crippen LogP contribution in [0.5, 0.6) is 0 Å². The summed E-state index contributed by atoms with van der Waals surface area (Å²) in [6.45, 7) is 8.24. The van der Waals surface area contributed by atoms with Gasteiger partial charge in [-0.05, 0) is 39.7 Å². The fraction of sp³-hybridized carbons (Fsp3) is 0.842. The molecule has 1 aliphatic carbocycles. The Kier molecular flexibility index (Phi) is 5.41. The largest absolute Gasteiger partial charge is 0.463 e. The van der Waals surface area contributed by atoms with Gasteiger partial charge in [0.1, 0.15) is 0 Å². The minimum Gasteiger partial charge on any atom is -0.463 e. The number of fused-ring (bicyclic) bond motifs is 1. The molecular formula is C19H30O5S2. The molecule has 0 amide bonds. The van der Waals surface area contributed by atoms with Gasteiger partial charge in [-0.2, -0.15) is 0 Å². The first-order valence-electron chi connectivity index (χ1n) is 9.09. The predicted octanol–water partition coefficient (Wildman–Crippen LogP) is 3.97. The molecule has 3 aliphatic rings. The molecule has 2 heterocycles. The second-order valence-electron chi connectivity index (χ2n) is 8.43. The number of esters is 1. The summed E-state index contributed by atoms with van der Waals surface area (Å²) in [4.78, 5) is 12.3. The van der Waals surface area contributed by atoms with E-state index >= 15 is 0 Å². The molecule has 1 saturated carbocycles. The van der Waals surface area contributed by atoms with Crippen molar-refractivity contribution < 1.29 is 23.7 Å². The maximum atomic E-state index is 12.3. The fourth-order valence-corrected chi connectivity index (χ4v) is 7.50. The SMILES string of the molecule is COC(=O)C1=C[C@H](OC(C)(C)C)[C@]2(C)CCC3(C[C@]2(OC)O1)SCCS3. The van der Waals surface area contributed by atoms with Crippen LogP contribution in [0.25, 0.3) is 0 Å². The maximum Gasteiger partial charge on any atom is 0.373 e. The molecule has 0 unspecified atom stereocenters. The summed E-state index contributed by atoms with van der Waals surface area (Å²) in [5.41, 5.74) is -0.740. The molecule has 0 aromatic carbocycles. The van der Waals surface area contributed by atoms with Crippen molar-refractivity contribution in [2.24, 2.45) is 5.41 Å². The molecule has 5 nitrogen and oxygen atoms in total. The lowest BCUT2D eigenvalue weighted by Gasteiger charge is -2.59. The van der Waals surface area contributed by atoms with Crippen molar-refractivity contribution in [1.29, 1.82) is 0 Å². The molecule has 0 radical (unpaired) electrons. The molecular weight excluding hydrogens is 372 g/mol. The molecule has 7 heteroatoms. The highest BCUT2D eigenvalue weighted by molar-refractivity contribution is 8.21. The van der Waals surface area contributed by atoms with Crippen LogP contribution in [0.4, 0.5) is 0 Å². The number of rotatable bonds is 3. The molecule has 26 heavy (non-hydrogen) atoms. The number of hydrogen-bond acceptors (Lipinski definition) is 7. The zero-order valence-electron chi connectivity index (χ0n) is 16.5. The third kappa shape index (κ3) is 3.40. The molecule has 3 rings (SSSR count). The number of ether oxygens (including phenoxy) is 4. The third-order valence-corrected chi connectivity index (χ3v) is 9.14. The summed E-state index contributed by atoms with van der Waals surface area (Å²) < 4.78 is 23.8. The minimum absolute atomic E-state index is 0.0837. The lowest BCUT2D eigenvalue weighted by Crippen LogP contribution is -2.64. The maximum absolute atomic E-state index is 12.3. The quantitative estimate of drug-likeness (QED) is 0.662. The molecule has 0 aromatic heterocycles. The highest BCUT2D eigenvalue weighted by Gasteiger charge is 2.66. The number of carbonyl (C=O) groups excluding carboxylic acids is 1. The van der Waals surface area contributed by atoms with Gasteiger partial charge in [0.25, 0.3) is 0 Å². The van der Waals surface area contributed by atoms with Crippen LogP contribution in [0.3, 0.4) is 0 Å². The molecule has 2 fully saturated rings. The lowest BCUT2D eigenvalue weighted by molar-refractivity contribution is -0.319. The smallest absolute Gasteiger partial charge is 0.373 e. The van der Waals surface area contributed by atoms with Crippen LogP contribution in [0, 0.1) is 5.41 Å². The lowest BCUT2D eigenvalue weighted by atomic mass is 9.65. The molecule has 3 atom stereocenters. The van der Waals surface area contributed by atoms with Gasteiger partial charge in [-0.25, -0.2) is 4.79 Å². The van der Waals surface area contributed by atoms with Crippen LogP contribution in [0.1, 0.15) is 47.0 Å². The van der Waals surface area contributed by atoms with Crippen LogP contribution in [-0.4, -0.2) is 53.3 Å². The normalized spacial score (nSPS) is 36.2. The van der Waals surface area contributed by atoms with Gasteiger partial charge in [0.15, 0.2) is 0 Å². The van der Waals surface area contributed by atoms with E-state index in [2.05, 4.69) is 6.92 Å². The summed E-state index contributed by atoms with van der Waals surface area (Å²) in [5.74, 6) is 1.07.